The summed E-state index contributed by atoms with van der Waals surface area (Å²) in [4.78, 5) is 10.2. The normalized spacial score (nSPS) is 14.4. The zero-order valence-electron chi connectivity index (χ0n) is 26.9. The van der Waals surface area contributed by atoms with E-state index in [4.69, 9.17) is 9.97 Å². The molecule has 2 heteroatoms. The van der Waals surface area contributed by atoms with Crippen LogP contribution in [0.25, 0.3) is 67.3 Å². The van der Waals surface area contributed by atoms with Gasteiger partial charge in [0.05, 0.1) is 11.4 Å². The molecule has 6 aromatic carbocycles. The van der Waals surface area contributed by atoms with Crippen LogP contribution in [0, 0.1) is 0 Å². The summed E-state index contributed by atoms with van der Waals surface area (Å²) in [6.07, 6.45) is 6.42. The van der Waals surface area contributed by atoms with Crippen molar-refractivity contribution in [3.05, 3.63) is 169 Å². The molecule has 9 rings (SSSR count). The van der Waals surface area contributed by atoms with Gasteiger partial charge in [-0.1, -0.05) is 165 Å². The standard InChI is InChI=1S/C46H36N2/c1-4-12-32(13-5-1)33-18-22-36(23-19-33)44-31-43(35-14-6-2-7-15-35)47-45(48-44)37-24-20-34(21-25-37)38-26-27-40-39-16-8-9-17-41(39)46(42(40)30-38)28-10-3-11-29-46/h1-2,4-9,12-27,30-31H,3,10-11,28-29H2. The van der Waals surface area contributed by atoms with Gasteiger partial charge in [0, 0.05) is 22.1 Å². The molecule has 7 aromatic rings. The molecule has 0 radical (unpaired) electrons. The molecule has 1 aromatic heterocycles. The minimum Gasteiger partial charge on any atom is -0.228 e. The fraction of sp³-hybridized carbons (Fsp3) is 0.130. The third-order valence-electron chi connectivity index (χ3n) is 10.5. The van der Waals surface area contributed by atoms with Crippen LogP contribution in [0.2, 0.25) is 0 Å². The minimum absolute atomic E-state index is 0.154. The maximum Gasteiger partial charge on any atom is 0.160 e. The average Bonchev–Trinajstić information content (AvgIpc) is 3.43. The van der Waals surface area contributed by atoms with Crippen molar-refractivity contribution in [1.29, 1.82) is 0 Å². The van der Waals surface area contributed by atoms with Crippen molar-refractivity contribution >= 4 is 0 Å². The van der Waals surface area contributed by atoms with E-state index in [1.54, 1.807) is 0 Å². The van der Waals surface area contributed by atoms with Gasteiger partial charge in [-0.15, -0.1) is 0 Å². The first-order valence-electron chi connectivity index (χ1n) is 17.2. The molecule has 1 heterocycles. The quantitative estimate of drug-likeness (QED) is 0.192. The van der Waals surface area contributed by atoms with Gasteiger partial charge >= 0.3 is 0 Å². The van der Waals surface area contributed by atoms with Gasteiger partial charge in [0.2, 0.25) is 0 Å². The molecule has 0 bridgehead atoms. The van der Waals surface area contributed by atoms with Crippen LogP contribution >= 0.6 is 0 Å². The van der Waals surface area contributed by atoms with E-state index in [2.05, 4.69) is 152 Å². The van der Waals surface area contributed by atoms with E-state index in [0.29, 0.717) is 0 Å². The Hall–Kier alpha value is -5.60. The summed E-state index contributed by atoms with van der Waals surface area (Å²) >= 11 is 0. The van der Waals surface area contributed by atoms with Gasteiger partial charge in [0.1, 0.15) is 0 Å². The highest BCUT2D eigenvalue weighted by atomic mass is 14.9. The Morgan fingerprint density at radius 2 is 0.833 bits per heavy atom. The lowest BCUT2D eigenvalue weighted by Crippen LogP contribution is -2.28. The number of rotatable bonds is 5. The zero-order valence-corrected chi connectivity index (χ0v) is 26.9. The Balaban J connectivity index is 1.08. The van der Waals surface area contributed by atoms with E-state index in [-0.39, 0.29) is 5.41 Å². The maximum absolute atomic E-state index is 5.12. The Morgan fingerprint density at radius 3 is 1.52 bits per heavy atom. The number of hydrogen-bond acceptors (Lipinski definition) is 2. The van der Waals surface area contributed by atoms with Crippen molar-refractivity contribution in [2.24, 2.45) is 0 Å². The van der Waals surface area contributed by atoms with Gasteiger partial charge in [-0.25, -0.2) is 9.97 Å². The maximum atomic E-state index is 5.12. The first kappa shape index (κ1) is 28.6. The monoisotopic (exact) mass is 616 g/mol. The van der Waals surface area contributed by atoms with E-state index < -0.39 is 0 Å². The summed E-state index contributed by atoms with van der Waals surface area (Å²) in [5.74, 6) is 0.732. The summed E-state index contributed by atoms with van der Waals surface area (Å²) in [7, 11) is 0. The minimum atomic E-state index is 0.154. The van der Waals surface area contributed by atoms with Crippen LogP contribution < -0.4 is 0 Å². The second kappa shape index (κ2) is 11.9. The number of nitrogens with zero attached hydrogens (tertiary/aromatic N) is 2. The summed E-state index contributed by atoms with van der Waals surface area (Å²) in [6, 6.07) is 56.8. The van der Waals surface area contributed by atoms with Crippen molar-refractivity contribution in [2.75, 3.05) is 0 Å². The van der Waals surface area contributed by atoms with Crippen molar-refractivity contribution < 1.29 is 0 Å². The molecule has 230 valence electrons. The molecule has 2 aliphatic rings. The molecule has 48 heavy (non-hydrogen) atoms. The smallest absolute Gasteiger partial charge is 0.160 e. The van der Waals surface area contributed by atoms with Gasteiger partial charge in [0.15, 0.2) is 5.82 Å². The van der Waals surface area contributed by atoms with E-state index in [9.17, 15) is 0 Å². The molecule has 0 saturated heterocycles. The van der Waals surface area contributed by atoms with Gasteiger partial charge < -0.3 is 0 Å². The van der Waals surface area contributed by atoms with Crippen LogP contribution in [-0.2, 0) is 5.41 Å². The van der Waals surface area contributed by atoms with Crippen LogP contribution in [0.1, 0.15) is 43.2 Å². The fourth-order valence-corrected chi connectivity index (χ4v) is 8.09. The second-order valence-electron chi connectivity index (χ2n) is 13.3. The summed E-state index contributed by atoms with van der Waals surface area (Å²) in [6.45, 7) is 0. The Kier molecular flexibility index (Phi) is 7.08. The summed E-state index contributed by atoms with van der Waals surface area (Å²) < 4.78 is 0. The molecule has 0 N–H and O–H groups in total. The second-order valence-corrected chi connectivity index (χ2v) is 13.3. The molecule has 2 nitrogen and oxygen atoms in total. The molecule has 1 fully saturated rings. The SMILES string of the molecule is c1ccc(-c2ccc(-c3cc(-c4ccccc4)nc(-c4ccc(-c5ccc6c(c5)C5(CCCCC5)c5ccccc5-6)cc4)n3)cc2)cc1. The van der Waals surface area contributed by atoms with Crippen LogP contribution in [0.15, 0.2) is 158 Å². The van der Waals surface area contributed by atoms with Crippen LogP contribution in [-0.4, -0.2) is 9.97 Å². The molecule has 0 atom stereocenters. The first-order chi connectivity index (χ1) is 23.7. The highest BCUT2D eigenvalue weighted by Crippen LogP contribution is 2.56. The highest BCUT2D eigenvalue weighted by molar-refractivity contribution is 5.84. The zero-order chi connectivity index (χ0) is 31.9. The molecule has 1 spiro atoms. The van der Waals surface area contributed by atoms with Crippen molar-refractivity contribution in [1.82, 2.24) is 9.97 Å². The lowest BCUT2D eigenvalue weighted by atomic mass is 9.67. The molecule has 2 aliphatic carbocycles. The first-order valence-corrected chi connectivity index (χ1v) is 17.2. The third-order valence-corrected chi connectivity index (χ3v) is 10.5. The van der Waals surface area contributed by atoms with E-state index in [1.165, 1.54) is 76.6 Å². The van der Waals surface area contributed by atoms with Gasteiger partial charge in [-0.3, -0.25) is 0 Å². The number of aromatic nitrogens is 2. The average molecular weight is 617 g/mol. The molecule has 0 aliphatic heterocycles. The topological polar surface area (TPSA) is 25.8 Å². The van der Waals surface area contributed by atoms with Crippen LogP contribution in [0.5, 0.6) is 0 Å². The number of fused-ring (bicyclic) bond motifs is 5. The van der Waals surface area contributed by atoms with E-state index in [0.717, 1.165) is 33.9 Å². The Labute approximate surface area is 282 Å². The largest absolute Gasteiger partial charge is 0.228 e. The van der Waals surface area contributed by atoms with Crippen LogP contribution in [0.3, 0.4) is 0 Å². The third kappa shape index (κ3) is 4.96. The van der Waals surface area contributed by atoms with Crippen molar-refractivity contribution in [2.45, 2.75) is 37.5 Å². The highest BCUT2D eigenvalue weighted by Gasteiger charge is 2.43. The van der Waals surface area contributed by atoms with Crippen LogP contribution in [0.4, 0.5) is 0 Å². The molecule has 0 amide bonds. The predicted molar refractivity (Wildman–Crippen MR) is 199 cm³/mol. The molecular weight excluding hydrogens is 581 g/mol. The van der Waals surface area contributed by atoms with Gasteiger partial charge in [0.25, 0.3) is 0 Å². The fourth-order valence-electron chi connectivity index (χ4n) is 8.09. The van der Waals surface area contributed by atoms with Gasteiger partial charge in [-0.2, -0.15) is 0 Å². The van der Waals surface area contributed by atoms with E-state index >= 15 is 0 Å². The van der Waals surface area contributed by atoms with E-state index in [1.807, 2.05) is 6.07 Å². The number of benzene rings is 6. The number of hydrogen-bond donors (Lipinski definition) is 0. The summed E-state index contributed by atoms with van der Waals surface area (Å²) in [5.41, 5.74) is 15.9. The Morgan fingerprint density at radius 1 is 0.354 bits per heavy atom. The lowest BCUT2D eigenvalue weighted by Gasteiger charge is -2.36. The molecule has 0 unspecified atom stereocenters. The summed E-state index contributed by atoms with van der Waals surface area (Å²) in [5, 5.41) is 0. The predicted octanol–water partition coefficient (Wildman–Crippen LogP) is 12.0. The molecule has 1 saturated carbocycles. The van der Waals surface area contributed by atoms with Crippen molar-refractivity contribution in [3.8, 4) is 67.3 Å². The molecular formula is C46H36N2. The lowest BCUT2D eigenvalue weighted by molar-refractivity contribution is 0.353. The Bertz CT molecular complexity index is 2230. The van der Waals surface area contributed by atoms with Crippen molar-refractivity contribution in [3.63, 3.8) is 0 Å². The van der Waals surface area contributed by atoms with Gasteiger partial charge in [-0.05, 0) is 69.5 Å².